The molecule has 0 saturated heterocycles. The number of anilines is 1. The van der Waals surface area contributed by atoms with Crippen LogP contribution in [0, 0.1) is 5.82 Å². The van der Waals surface area contributed by atoms with Crippen LogP contribution in [0.15, 0.2) is 12.3 Å². The molecule has 1 N–H and O–H groups in total. The number of carbonyl (C=O) groups is 1. The zero-order chi connectivity index (χ0) is 13.1. The molecule has 0 aliphatic carbocycles. The first-order valence-corrected chi connectivity index (χ1v) is 5.01. The third-order valence-corrected chi connectivity index (χ3v) is 1.65. The van der Waals surface area contributed by atoms with Crippen molar-refractivity contribution < 1.29 is 18.7 Å². The number of aromatic nitrogens is 1. The van der Waals surface area contributed by atoms with Crippen molar-refractivity contribution in [1.82, 2.24) is 4.98 Å². The minimum atomic E-state index is -0.663. The van der Waals surface area contributed by atoms with E-state index in [1.165, 1.54) is 13.3 Å². The Labute approximate surface area is 98.9 Å². The summed E-state index contributed by atoms with van der Waals surface area (Å²) >= 11 is 0. The highest BCUT2D eigenvalue weighted by Crippen LogP contribution is 2.17. The molecule has 1 aromatic heterocycles. The van der Waals surface area contributed by atoms with Gasteiger partial charge in [-0.3, -0.25) is 5.32 Å². The van der Waals surface area contributed by atoms with Gasteiger partial charge in [0, 0.05) is 6.07 Å². The largest absolute Gasteiger partial charge is 0.479 e. The van der Waals surface area contributed by atoms with Crippen LogP contribution in [-0.2, 0) is 4.74 Å². The number of rotatable bonds is 2. The molecule has 1 aromatic rings. The quantitative estimate of drug-likeness (QED) is 0.865. The second-order valence-electron chi connectivity index (χ2n) is 4.34. The molecule has 5 nitrogen and oxygen atoms in total. The number of methoxy groups -OCH3 is 1. The van der Waals surface area contributed by atoms with E-state index >= 15 is 0 Å². The van der Waals surface area contributed by atoms with Gasteiger partial charge in [-0.15, -0.1) is 0 Å². The number of pyridine rings is 1. The van der Waals surface area contributed by atoms with E-state index in [-0.39, 0.29) is 11.6 Å². The molecule has 94 valence electrons. The lowest BCUT2D eigenvalue weighted by molar-refractivity contribution is 0.0636. The predicted molar refractivity (Wildman–Crippen MR) is 60.6 cm³/mol. The molecule has 0 radical (unpaired) electrons. The number of hydrogen-bond donors (Lipinski definition) is 1. The highest BCUT2D eigenvalue weighted by atomic mass is 19.1. The molecule has 1 amide bonds. The van der Waals surface area contributed by atoms with Gasteiger partial charge in [0.15, 0.2) is 5.82 Å². The van der Waals surface area contributed by atoms with Crippen LogP contribution in [0.1, 0.15) is 20.8 Å². The summed E-state index contributed by atoms with van der Waals surface area (Å²) < 4.78 is 22.9. The number of ether oxygens (including phenoxy) is 2. The minimum Gasteiger partial charge on any atom is -0.479 e. The van der Waals surface area contributed by atoms with Crippen LogP contribution in [-0.4, -0.2) is 23.8 Å². The summed E-state index contributed by atoms with van der Waals surface area (Å²) in [7, 11) is 1.31. The van der Waals surface area contributed by atoms with Crippen molar-refractivity contribution in [1.29, 1.82) is 0 Å². The minimum absolute atomic E-state index is 0.125. The molecule has 1 rings (SSSR count). The van der Waals surface area contributed by atoms with Gasteiger partial charge in [-0.2, -0.15) is 0 Å². The van der Waals surface area contributed by atoms with Gasteiger partial charge in [-0.25, -0.2) is 14.2 Å². The van der Waals surface area contributed by atoms with Crippen LogP contribution in [0.5, 0.6) is 5.88 Å². The summed E-state index contributed by atoms with van der Waals surface area (Å²) in [4.78, 5) is 15.1. The van der Waals surface area contributed by atoms with Gasteiger partial charge >= 0.3 is 6.09 Å². The summed E-state index contributed by atoms with van der Waals surface area (Å²) in [6, 6.07) is 1.11. The monoisotopic (exact) mass is 242 g/mol. The highest BCUT2D eigenvalue weighted by Gasteiger charge is 2.16. The van der Waals surface area contributed by atoms with Crippen molar-refractivity contribution in [2.24, 2.45) is 0 Å². The first-order chi connectivity index (χ1) is 7.81. The molecule has 0 aromatic carbocycles. The summed E-state index contributed by atoms with van der Waals surface area (Å²) in [5.41, 5.74) is -0.403. The maximum atomic E-state index is 13.3. The number of carbonyl (C=O) groups excluding carboxylic acids is 1. The number of nitrogens with zero attached hydrogens (tertiary/aromatic N) is 1. The van der Waals surface area contributed by atoms with Crippen LogP contribution in [0.25, 0.3) is 0 Å². The molecule has 0 fully saturated rings. The molecular formula is C11H15FN2O3. The maximum Gasteiger partial charge on any atom is 0.412 e. The number of halogens is 1. The van der Waals surface area contributed by atoms with E-state index in [2.05, 4.69) is 15.0 Å². The molecule has 0 aliphatic rings. The fraction of sp³-hybridized carbons (Fsp3) is 0.455. The van der Waals surface area contributed by atoms with Crippen LogP contribution >= 0.6 is 0 Å². The first-order valence-electron chi connectivity index (χ1n) is 5.01. The van der Waals surface area contributed by atoms with E-state index in [1.807, 2.05) is 0 Å². The number of amides is 1. The predicted octanol–water partition coefficient (Wildman–Crippen LogP) is 2.58. The summed E-state index contributed by atoms with van der Waals surface area (Å²) in [6.45, 7) is 5.21. The Hall–Kier alpha value is -1.85. The lowest BCUT2D eigenvalue weighted by Crippen LogP contribution is -2.27. The second kappa shape index (κ2) is 4.99. The van der Waals surface area contributed by atoms with Crippen LogP contribution in [0.4, 0.5) is 14.9 Å². The van der Waals surface area contributed by atoms with Crippen LogP contribution in [0.2, 0.25) is 0 Å². The first kappa shape index (κ1) is 13.2. The van der Waals surface area contributed by atoms with Gasteiger partial charge in [0.2, 0.25) is 5.88 Å². The SMILES string of the molecule is COc1ncc(NC(=O)OC(C)(C)C)cc1F. The van der Waals surface area contributed by atoms with E-state index in [0.717, 1.165) is 6.07 Å². The molecule has 6 heteroatoms. The molecule has 0 saturated carbocycles. The highest BCUT2D eigenvalue weighted by molar-refractivity contribution is 5.84. The van der Waals surface area contributed by atoms with Gasteiger partial charge < -0.3 is 9.47 Å². The van der Waals surface area contributed by atoms with E-state index in [9.17, 15) is 9.18 Å². The van der Waals surface area contributed by atoms with Crippen LogP contribution < -0.4 is 10.1 Å². The molecule has 0 spiro atoms. The average molecular weight is 242 g/mol. The molecule has 0 aliphatic heterocycles. The van der Waals surface area contributed by atoms with Gasteiger partial charge in [0.05, 0.1) is 19.0 Å². The van der Waals surface area contributed by atoms with E-state index in [0.29, 0.717) is 0 Å². The van der Waals surface area contributed by atoms with E-state index in [4.69, 9.17) is 4.74 Å². The lowest BCUT2D eigenvalue weighted by atomic mass is 10.2. The molecule has 0 unspecified atom stereocenters. The van der Waals surface area contributed by atoms with E-state index in [1.54, 1.807) is 20.8 Å². The Morgan fingerprint density at radius 3 is 2.59 bits per heavy atom. The summed E-state index contributed by atoms with van der Waals surface area (Å²) in [6.07, 6.45) is 0.620. The normalized spacial score (nSPS) is 10.9. The Morgan fingerprint density at radius 2 is 2.12 bits per heavy atom. The number of nitrogens with one attached hydrogen (secondary N) is 1. The Bertz CT molecular complexity index is 416. The Morgan fingerprint density at radius 1 is 1.47 bits per heavy atom. The zero-order valence-electron chi connectivity index (χ0n) is 10.2. The van der Waals surface area contributed by atoms with Crippen molar-refractivity contribution in [3.05, 3.63) is 18.1 Å². The smallest absolute Gasteiger partial charge is 0.412 e. The summed E-state index contributed by atoms with van der Waals surface area (Å²) in [5, 5.41) is 2.37. The number of hydrogen-bond acceptors (Lipinski definition) is 4. The van der Waals surface area contributed by atoms with Crippen molar-refractivity contribution in [2.45, 2.75) is 26.4 Å². The second-order valence-corrected chi connectivity index (χ2v) is 4.34. The van der Waals surface area contributed by atoms with Crippen molar-refractivity contribution in [2.75, 3.05) is 12.4 Å². The fourth-order valence-corrected chi connectivity index (χ4v) is 1.07. The van der Waals surface area contributed by atoms with E-state index < -0.39 is 17.5 Å². The zero-order valence-corrected chi connectivity index (χ0v) is 10.2. The Kier molecular flexibility index (Phi) is 3.88. The fourth-order valence-electron chi connectivity index (χ4n) is 1.07. The van der Waals surface area contributed by atoms with Gasteiger partial charge in [0.1, 0.15) is 5.60 Å². The van der Waals surface area contributed by atoms with Crippen molar-refractivity contribution in [3.63, 3.8) is 0 Å². The summed E-state index contributed by atoms with van der Waals surface area (Å²) in [5.74, 6) is -0.777. The Balaban J connectivity index is 2.69. The standard InChI is InChI=1S/C11H15FN2O3/c1-11(2,3)17-10(15)14-7-5-8(12)9(16-4)13-6-7/h5-6H,1-4H3,(H,14,15). The lowest BCUT2D eigenvalue weighted by Gasteiger charge is -2.19. The van der Waals surface area contributed by atoms with Gasteiger partial charge in [-0.05, 0) is 20.8 Å². The van der Waals surface area contributed by atoms with Gasteiger partial charge in [0.25, 0.3) is 0 Å². The average Bonchev–Trinajstić information content (AvgIpc) is 2.14. The molecular weight excluding hydrogens is 227 g/mol. The molecule has 1 heterocycles. The van der Waals surface area contributed by atoms with Gasteiger partial charge in [-0.1, -0.05) is 0 Å². The molecule has 0 atom stereocenters. The molecule has 0 bridgehead atoms. The topological polar surface area (TPSA) is 60.5 Å². The third kappa shape index (κ3) is 4.26. The van der Waals surface area contributed by atoms with Crippen molar-refractivity contribution >= 4 is 11.8 Å². The maximum absolute atomic E-state index is 13.3. The third-order valence-electron chi connectivity index (χ3n) is 1.65. The molecule has 17 heavy (non-hydrogen) atoms. The van der Waals surface area contributed by atoms with Crippen molar-refractivity contribution in [3.8, 4) is 5.88 Å². The van der Waals surface area contributed by atoms with Crippen LogP contribution in [0.3, 0.4) is 0 Å².